The molecule has 1 atom stereocenters. The Hall–Kier alpha value is -2.86. The Balaban J connectivity index is 1.58. The van der Waals surface area contributed by atoms with Gasteiger partial charge in [0.2, 0.25) is 0 Å². The van der Waals surface area contributed by atoms with Crippen molar-refractivity contribution in [3.63, 3.8) is 0 Å². The number of hydrogen-bond donors (Lipinski definition) is 2. The van der Waals surface area contributed by atoms with Crippen LogP contribution in [0.1, 0.15) is 23.5 Å². The number of carbonyl (C=O) groups is 2. The summed E-state index contributed by atoms with van der Waals surface area (Å²) in [6.07, 6.45) is -1.82. The van der Waals surface area contributed by atoms with Gasteiger partial charge in [0.25, 0.3) is 0 Å². The summed E-state index contributed by atoms with van der Waals surface area (Å²) in [5, 5.41) is 12.1. The number of hydrogen-bond acceptors (Lipinski definition) is 5. The Morgan fingerprint density at radius 3 is 2.23 bits per heavy atom. The van der Waals surface area contributed by atoms with Gasteiger partial charge in [0.05, 0.1) is 19.6 Å². The first-order valence-electron chi connectivity index (χ1n) is 8.44. The van der Waals surface area contributed by atoms with Crippen LogP contribution in [0.3, 0.4) is 0 Å². The third-order valence-corrected chi connectivity index (χ3v) is 4.46. The normalized spacial score (nSPS) is 13.5. The van der Waals surface area contributed by atoms with E-state index in [0.29, 0.717) is 0 Å². The van der Waals surface area contributed by atoms with Crippen LogP contribution in [0.4, 0.5) is 4.79 Å². The molecule has 2 aromatic rings. The molecule has 0 heterocycles. The van der Waals surface area contributed by atoms with E-state index in [0.717, 1.165) is 22.3 Å². The van der Waals surface area contributed by atoms with Crippen LogP contribution in [0, 0.1) is 0 Å². The van der Waals surface area contributed by atoms with Gasteiger partial charge < -0.3 is 19.9 Å². The average molecular weight is 355 g/mol. The molecule has 2 N–H and O–H groups in total. The number of ether oxygens (including phenoxy) is 2. The summed E-state index contributed by atoms with van der Waals surface area (Å²) in [5.41, 5.74) is 4.58. The Kier molecular flexibility index (Phi) is 5.53. The lowest BCUT2D eigenvalue weighted by Gasteiger charge is -2.15. The fraction of sp³-hybridized carbons (Fsp3) is 0.300. The molecular formula is C20H21NO5. The molecular weight excluding hydrogens is 334 g/mol. The van der Waals surface area contributed by atoms with Gasteiger partial charge in [-0.15, -0.1) is 0 Å². The summed E-state index contributed by atoms with van der Waals surface area (Å²) < 4.78 is 9.81. The minimum absolute atomic E-state index is 0.0202. The highest BCUT2D eigenvalue weighted by atomic mass is 16.5. The molecule has 0 saturated heterocycles. The largest absolute Gasteiger partial charge is 0.469 e. The number of aliphatic hydroxyl groups excluding tert-OH is 1. The first kappa shape index (κ1) is 17.9. The summed E-state index contributed by atoms with van der Waals surface area (Å²) in [4.78, 5) is 23.0. The van der Waals surface area contributed by atoms with Gasteiger partial charge in [-0.25, -0.2) is 4.79 Å². The lowest BCUT2D eigenvalue weighted by molar-refractivity contribution is -0.142. The van der Waals surface area contributed by atoms with E-state index in [1.54, 1.807) is 0 Å². The predicted octanol–water partition coefficient (Wildman–Crippen LogP) is 2.45. The SMILES string of the molecule is COC(=O)CC(O)CNC(=O)OCC1c2ccccc2-c2ccccc21. The molecule has 0 radical (unpaired) electrons. The zero-order valence-electron chi connectivity index (χ0n) is 14.5. The van der Waals surface area contributed by atoms with Crippen molar-refractivity contribution >= 4 is 12.1 Å². The molecule has 6 nitrogen and oxygen atoms in total. The Morgan fingerprint density at radius 2 is 1.65 bits per heavy atom. The third kappa shape index (κ3) is 3.86. The van der Waals surface area contributed by atoms with Crippen molar-refractivity contribution in [1.82, 2.24) is 5.32 Å². The molecule has 1 aliphatic carbocycles. The van der Waals surface area contributed by atoms with E-state index in [1.165, 1.54) is 7.11 Å². The van der Waals surface area contributed by atoms with Crippen LogP contribution >= 0.6 is 0 Å². The van der Waals surface area contributed by atoms with E-state index >= 15 is 0 Å². The van der Waals surface area contributed by atoms with E-state index in [-0.39, 0.29) is 25.5 Å². The molecule has 0 fully saturated rings. The molecule has 1 amide bonds. The van der Waals surface area contributed by atoms with Gasteiger partial charge in [-0.05, 0) is 22.3 Å². The zero-order chi connectivity index (χ0) is 18.5. The number of fused-ring (bicyclic) bond motifs is 3. The van der Waals surface area contributed by atoms with Gasteiger partial charge >= 0.3 is 12.1 Å². The fourth-order valence-corrected chi connectivity index (χ4v) is 3.20. The first-order chi connectivity index (χ1) is 12.6. The van der Waals surface area contributed by atoms with E-state index in [9.17, 15) is 14.7 Å². The monoisotopic (exact) mass is 355 g/mol. The average Bonchev–Trinajstić information content (AvgIpc) is 2.98. The number of benzene rings is 2. The summed E-state index contributed by atoms with van der Waals surface area (Å²) in [6.45, 7) is 0.124. The molecule has 0 saturated carbocycles. The van der Waals surface area contributed by atoms with Crippen LogP contribution in [-0.4, -0.2) is 43.5 Å². The molecule has 136 valence electrons. The number of methoxy groups -OCH3 is 1. The van der Waals surface area contributed by atoms with Crippen LogP contribution in [0.15, 0.2) is 48.5 Å². The van der Waals surface area contributed by atoms with Crippen molar-refractivity contribution < 1.29 is 24.2 Å². The molecule has 1 unspecified atom stereocenters. The van der Waals surface area contributed by atoms with Gasteiger partial charge in [-0.1, -0.05) is 48.5 Å². The Labute approximate surface area is 151 Å². The topological polar surface area (TPSA) is 84.9 Å². The van der Waals surface area contributed by atoms with Gasteiger partial charge in [0, 0.05) is 12.5 Å². The maximum absolute atomic E-state index is 11.9. The van der Waals surface area contributed by atoms with Gasteiger partial charge in [0.15, 0.2) is 0 Å². The number of rotatable bonds is 6. The number of amides is 1. The zero-order valence-corrected chi connectivity index (χ0v) is 14.5. The van der Waals surface area contributed by atoms with Crippen molar-refractivity contribution in [3.8, 4) is 11.1 Å². The fourth-order valence-electron chi connectivity index (χ4n) is 3.20. The van der Waals surface area contributed by atoms with Crippen molar-refractivity contribution in [3.05, 3.63) is 59.7 Å². The number of carbonyl (C=O) groups excluding carboxylic acids is 2. The molecule has 0 bridgehead atoms. The van der Waals surface area contributed by atoms with Crippen LogP contribution < -0.4 is 5.32 Å². The molecule has 0 aliphatic heterocycles. The minimum atomic E-state index is -1.01. The highest BCUT2D eigenvalue weighted by Crippen LogP contribution is 2.44. The van der Waals surface area contributed by atoms with Crippen molar-refractivity contribution in [1.29, 1.82) is 0 Å². The van der Waals surface area contributed by atoms with Crippen molar-refractivity contribution in [2.24, 2.45) is 0 Å². The maximum Gasteiger partial charge on any atom is 0.407 e. The third-order valence-electron chi connectivity index (χ3n) is 4.46. The highest BCUT2D eigenvalue weighted by molar-refractivity contribution is 5.79. The summed E-state index contributed by atoms with van der Waals surface area (Å²) in [7, 11) is 1.24. The Bertz CT molecular complexity index is 759. The molecule has 6 heteroatoms. The molecule has 2 aromatic carbocycles. The van der Waals surface area contributed by atoms with Gasteiger partial charge in [-0.2, -0.15) is 0 Å². The van der Waals surface area contributed by atoms with Crippen LogP contribution in [0.2, 0.25) is 0 Å². The van der Waals surface area contributed by atoms with Crippen LogP contribution in [0.25, 0.3) is 11.1 Å². The second-order valence-electron chi connectivity index (χ2n) is 6.14. The van der Waals surface area contributed by atoms with Crippen molar-refractivity contribution in [2.75, 3.05) is 20.3 Å². The van der Waals surface area contributed by atoms with Gasteiger partial charge in [0.1, 0.15) is 6.61 Å². The van der Waals surface area contributed by atoms with Crippen LogP contribution in [-0.2, 0) is 14.3 Å². The van der Waals surface area contributed by atoms with Crippen molar-refractivity contribution in [2.45, 2.75) is 18.4 Å². The predicted molar refractivity (Wildman–Crippen MR) is 95.7 cm³/mol. The highest BCUT2D eigenvalue weighted by Gasteiger charge is 2.29. The lowest BCUT2D eigenvalue weighted by atomic mass is 9.98. The minimum Gasteiger partial charge on any atom is -0.469 e. The van der Waals surface area contributed by atoms with E-state index < -0.39 is 18.2 Å². The summed E-state index contributed by atoms with van der Waals surface area (Å²) in [6, 6.07) is 16.2. The summed E-state index contributed by atoms with van der Waals surface area (Å²) >= 11 is 0. The lowest BCUT2D eigenvalue weighted by Crippen LogP contribution is -2.34. The molecule has 0 spiro atoms. The Morgan fingerprint density at radius 1 is 1.08 bits per heavy atom. The number of nitrogens with one attached hydrogen (secondary N) is 1. The molecule has 0 aromatic heterocycles. The van der Waals surface area contributed by atoms with E-state index in [4.69, 9.17) is 4.74 Å². The molecule has 3 rings (SSSR count). The quantitative estimate of drug-likeness (QED) is 0.778. The standard InChI is InChI=1S/C20H21NO5/c1-25-19(23)10-13(22)11-21-20(24)26-12-18-16-8-4-2-6-14(16)15-7-3-5-9-17(15)18/h2-9,13,18,22H,10-12H2,1H3,(H,21,24). The second kappa shape index (κ2) is 8.01. The molecule has 26 heavy (non-hydrogen) atoms. The van der Waals surface area contributed by atoms with Crippen LogP contribution in [0.5, 0.6) is 0 Å². The van der Waals surface area contributed by atoms with Gasteiger partial charge in [-0.3, -0.25) is 4.79 Å². The molecule has 1 aliphatic rings. The van der Waals surface area contributed by atoms with E-state index in [1.807, 2.05) is 36.4 Å². The smallest absolute Gasteiger partial charge is 0.407 e. The first-order valence-corrected chi connectivity index (χ1v) is 8.44. The summed E-state index contributed by atoms with van der Waals surface area (Å²) in [5.74, 6) is -0.556. The maximum atomic E-state index is 11.9. The number of esters is 1. The van der Waals surface area contributed by atoms with E-state index in [2.05, 4.69) is 22.2 Å². The number of aliphatic hydroxyl groups is 1. The second-order valence-corrected chi connectivity index (χ2v) is 6.14. The number of alkyl carbamates (subject to hydrolysis) is 1.